The van der Waals surface area contributed by atoms with Crippen LogP contribution < -0.4 is 0 Å². The molecule has 28 heavy (non-hydrogen) atoms. The van der Waals surface area contributed by atoms with Gasteiger partial charge in [0.05, 0.1) is 0 Å². The molecule has 0 saturated carbocycles. The Kier molecular flexibility index (Phi) is 26.0. The van der Waals surface area contributed by atoms with E-state index in [1.165, 1.54) is 148 Å². The standard InChI is InChI=1S/C28H54/c1-3-5-7-9-11-13-15-17-19-21-23-25-27-28-26-24-22-20-18-16-14-12-10-8-6-4-2/h3,21,23H,1,4-20,22,24-28H2,2H3. The van der Waals surface area contributed by atoms with Crippen LogP contribution in [0.25, 0.3) is 0 Å². The largest absolute Gasteiger partial charge is 0.103 e. The number of allylic oxidation sites excluding steroid dienone is 3. The zero-order chi connectivity index (χ0) is 20.4. The summed E-state index contributed by atoms with van der Waals surface area (Å²) in [4.78, 5) is 0. The van der Waals surface area contributed by atoms with Crippen molar-refractivity contribution < 1.29 is 0 Å². The fourth-order valence-electron chi connectivity index (χ4n) is 3.95. The van der Waals surface area contributed by atoms with Gasteiger partial charge in [0.2, 0.25) is 0 Å². The van der Waals surface area contributed by atoms with E-state index in [1.54, 1.807) is 0 Å². The Labute approximate surface area is 179 Å². The average molecular weight is 391 g/mol. The smallest absolute Gasteiger partial charge is 0.0351 e. The van der Waals surface area contributed by atoms with Gasteiger partial charge < -0.3 is 0 Å². The van der Waals surface area contributed by atoms with Gasteiger partial charge >= 0.3 is 0 Å². The molecule has 0 saturated heterocycles. The van der Waals surface area contributed by atoms with E-state index in [9.17, 15) is 0 Å². The lowest BCUT2D eigenvalue weighted by Crippen LogP contribution is -1.83. The van der Waals surface area contributed by atoms with Gasteiger partial charge in [0.15, 0.2) is 0 Å². The summed E-state index contributed by atoms with van der Waals surface area (Å²) in [5, 5.41) is 0. The minimum Gasteiger partial charge on any atom is -0.103 e. The molecule has 166 valence electrons. The van der Waals surface area contributed by atoms with Gasteiger partial charge in [-0.1, -0.05) is 134 Å². The maximum atomic E-state index is 3.78. The Morgan fingerprint density at radius 3 is 1.00 bits per heavy atom. The van der Waals surface area contributed by atoms with Crippen molar-refractivity contribution in [3.8, 4) is 0 Å². The summed E-state index contributed by atoms with van der Waals surface area (Å²) in [6.07, 6.45) is 39.4. The van der Waals surface area contributed by atoms with Gasteiger partial charge in [-0.05, 0) is 38.5 Å². The van der Waals surface area contributed by atoms with Crippen molar-refractivity contribution in [3.63, 3.8) is 0 Å². The van der Waals surface area contributed by atoms with Crippen LogP contribution in [0.3, 0.4) is 0 Å². The van der Waals surface area contributed by atoms with Gasteiger partial charge in [-0.25, -0.2) is 0 Å². The van der Waals surface area contributed by atoms with Crippen molar-refractivity contribution in [1.82, 2.24) is 0 Å². The average Bonchev–Trinajstić information content (AvgIpc) is 2.71. The zero-order valence-electron chi connectivity index (χ0n) is 19.7. The predicted octanol–water partition coefficient (Wildman–Crippen LogP) is 10.7. The van der Waals surface area contributed by atoms with E-state index >= 15 is 0 Å². The first-order valence-electron chi connectivity index (χ1n) is 13.2. The fraction of sp³-hybridized carbons (Fsp3) is 0.857. The Balaban J connectivity index is 3.05. The zero-order valence-corrected chi connectivity index (χ0v) is 19.7. The normalized spacial score (nSPS) is 11.5. The van der Waals surface area contributed by atoms with Crippen LogP contribution in [0.4, 0.5) is 0 Å². The summed E-state index contributed by atoms with van der Waals surface area (Å²) in [6, 6.07) is 0. The van der Waals surface area contributed by atoms with Crippen molar-refractivity contribution in [2.24, 2.45) is 0 Å². The summed E-state index contributed by atoms with van der Waals surface area (Å²) in [5.41, 5.74) is 0. The molecule has 0 aromatic heterocycles. The molecule has 0 atom stereocenters. The molecule has 0 nitrogen and oxygen atoms in total. The maximum absolute atomic E-state index is 3.78. The van der Waals surface area contributed by atoms with Gasteiger partial charge in [0.25, 0.3) is 0 Å². The highest BCUT2D eigenvalue weighted by Gasteiger charge is 1.94. The Hall–Kier alpha value is -0.520. The Bertz CT molecular complexity index is 301. The van der Waals surface area contributed by atoms with Crippen molar-refractivity contribution in [2.75, 3.05) is 0 Å². The van der Waals surface area contributed by atoms with E-state index in [2.05, 4.69) is 25.7 Å². The third kappa shape index (κ3) is 25.5. The summed E-state index contributed by atoms with van der Waals surface area (Å²) in [6.45, 7) is 6.08. The van der Waals surface area contributed by atoms with E-state index in [1.807, 2.05) is 6.08 Å². The molecule has 0 radical (unpaired) electrons. The summed E-state index contributed by atoms with van der Waals surface area (Å²) >= 11 is 0. The minimum absolute atomic E-state index is 1.20. The molecule has 0 aromatic carbocycles. The van der Waals surface area contributed by atoms with Crippen LogP contribution in [0, 0.1) is 0 Å². The molecule has 0 N–H and O–H groups in total. The Morgan fingerprint density at radius 1 is 0.393 bits per heavy atom. The van der Waals surface area contributed by atoms with Crippen molar-refractivity contribution in [2.45, 2.75) is 155 Å². The molecular formula is C28H54. The van der Waals surface area contributed by atoms with Crippen LogP contribution in [0.2, 0.25) is 0 Å². The van der Waals surface area contributed by atoms with E-state index in [0.29, 0.717) is 0 Å². The molecular weight excluding hydrogens is 336 g/mol. The van der Waals surface area contributed by atoms with Crippen LogP contribution >= 0.6 is 0 Å². The number of hydrogen-bond acceptors (Lipinski definition) is 0. The summed E-state index contributed by atoms with van der Waals surface area (Å²) < 4.78 is 0. The van der Waals surface area contributed by atoms with Crippen LogP contribution in [0.5, 0.6) is 0 Å². The van der Waals surface area contributed by atoms with Crippen LogP contribution in [-0.2, 0) is 0 Å². The van der Waals surface area contributed by atoms with E-state index < -0.39 is 0 Å². The van der Waals surface area contributed by atoms with Gasteiger partial charge in [-0.3, -0.25) is 0 Å². The second kappa shape index (κ2) is 26.5. The molecule has 0 heteroatoms. The molecule has 0 aliphatic rings. The van der Waals surface area contributed by atoms with Gasteiger partial charge in [-0.2, -0.15) is 0 Å². The minimum atomic E-state index is 1.20. The molecule has 0 unspecified atom stereocenters. The van der Waals surface area contributed by atoms with Crippen LogP contribution in [0.1, 0.15) is 155 Å². The number of unbranched alkanes of at least 4 members (excludes halogenated alkanes) is 21. The molecule has 0 aromatic rings. The van der Waals surface area contributed by atoms with Crippen molar-refractivity contribution in [3.05, 3.63) is 24.8 Å². The van der Waals surface area contributed by atoms with Crippen molar-refractivity contribution in [1.29, 1.82) is 0 Å². The van der Waals surface area contributed by atoms with Crippen LogP contribution in [0.15, 0.2) is 24.8 Å². The molecule has 0 bridgehead atoms. The first-order valence-corrected chi connectivity index (χ1v) is 13.2. The van der Waals surface area contributed by atoms with Crippen LogP contribution in [-0.4, -0.2) is 0 Å². The van der Waals surface area contributed by atoms with E-state index in [0.717, 1.165) is 0 Å². The highest BCUT2D eigenvalue weighted by atomic mass is 14.0. The van der Waals surface area contributed by atoms with E-state index in [-0.39, 0.29) is 0 Å². The molecule has 0 spiro atoms. The molecule has 0 amide bonds. The lowest BCUT2D eigenvalue weighted by atomic mass is 10.0. The monoisotopic (exact) mass is 390 g/mol. The lowest BCUT2D eigenvalue weighted by molar-refractivity contribution is 0.536. The summed E-state index contributed by atoms with van der Waals surface area (Å²) in [5.74, 6) is 0. The molecule has 0 heterocycles. The van der Waals surface area contributed by atoms with E-state index in [4.69, 9.17) is 0 Å². The highest BCUT2D eigenvalue weighted by molar-refractivity contribution is 4.81. The second-order valence-electron chi connectivity index (χ2n) is 8.84. The second-order valence-corrected chi connectivity index (χ2v) is 8.84. The molecule has 0 rings (SSSR count). The molecule has 0 aliphatic heterocycles. The first kappa shape index (κ1) is 27.5. The van der Waals surface area contributed by atoms with Gasteiger partial charge in [-0.15, -0.1) is 6.58 Å². The first-order chi connectivity index (χ1) is 13.9. The fourth-order valence-corrected chi connectivity index (χ4v) is 3.95. The quantitative estimate of drug-likeness (QED) is 0.113. The highest BCUT2D eigenvalue weighted by Crippen LogP contribution is 2.14. The maximum Gasteiger partial charge on any atom is -0.0351 e. The molecule has 0 fully saturated rings. The number of rotatable bonds is 24. The topological polar surface area (TPSA) is 0 Å². The number of hydrogen-bond donors (Lipinski definition) is 0. The third-order valence-electron chi connectivity index (χ3n) is 5.92. The lowest BCUT2D eigenvalue weighted by Gasteiger charge is -2.03. The van der Waals surface area contributed by atoms with Gasteiger partial charge in [0, 0.05) is 0 Å². The third-order valence-corrected chi connectivity index (χ3v) is 5.92. The molecule has 0 aliphatic carbocycles. The Morgan fingerprint density at radius 2 is 0.679 bits per heavy atom. The SMILES string of the molecule is C=CCCCCCCCCC=CCCCCCCCCCCCCCCCC. The van der Waals surface area contributed by atoms with Gasteiger partial charge in [0.1, 0.15) is 0 Å². The summed E-state index contributed by atoms with van der Waals surface area (Å²) in [7, 11) is 0. The van der Waals surface area contributed by atoms with Crippen molar-refractivity contribution >= 4 is 0 Å². The predicted molar refractivity (Wildman–Crippen MR) is 131 cm³/mol.